The van der Waals surface area contributed by atoms with Crippen molar-refractivity contribution in [1.82, 2.24) is 0 Å². The molecule has 346 valence electrons. The zero-order chi connectivity index (χ0) is 49.0. The van der Waals surface area contributed by atoms with Crippen LogP contribution in [0.25, 0.3) is 120 Å². The molecule has 0 saturated carbocycles. The van der Waals surface area contributed by atoms with Gasteiger partial charge in [-0.15, -0.1) is 0 Å². The Morgan fingerprint density at radius 1 is 0.162 bits per heavy atom. The fourth-order valence-corrected chi connectivity index (χ4v) is 11.5. The summed E-state index contributed by atoms with van der Waals surface area (Å²) in [5.41, 5.74) is 11.8. The second-order valence-corrected chi connectivity index (χ2v) is 19.1. The van der Waals surface area contributed by atoms with Crippen molar-refractivity contribution >= 4 is 64.6 Å². The Balaban J connectivity index is 1.03. The molecule has 0 bridgehead atoms. The fraction of sp³-hybridized carbons (Fsp3) is 0. The fourth-order valence-electron chi connectivity index (χ4n) is 11.5. The van der Waals surface area contributed by atoms with Crippen molar-refractivity contribution in [3.05, 3.63) is 279 Å². The highest BCUT2D eigenvalue weighted by Gasteiger charge is 2.22. The van der Waals surface area contributed by atoms with E-state index >= 15 is 0 Å². The molecule has 0 aromatic heterocycles. The second kappa shape index (κ2) is 18.1. The second-order valence-electron chi connectivity index (χ2n) is 19.1. The smallest absolute Gasteiger partial charge is 0.127 e. The Hall–Kier alpha value is -9.76. The summed E-state index contributed by atoms with van der Waals surface area (Å²) in [6, 6.07) is 100. The van der Waals surface area contributed by atoms with Gasteiger partial charge in [0.05, 0.1) is 0 Å². The third-order valence-corrected chi connectivity index (χ3v) is 14.7. The first-order valence-corrected chi connectivity index (χ1v) is 25.3. The van der Waals surface area contributed by atoms with Gasteiger partial charge in [-0.3, -0.25) is 0 Å². The highest BCUT2D eigenvalue weighted by molar-refractivity contribution is 6.25. The first-order chi connectivity index (χ1) is 36.7. The van der Waals surface area contributed by atoms with Gasteiger partial charge in [0.1, 0.15) is 23.0 Å². The summed E-state index contributed by atoms with van der Waals surface area (Å²) < 4.78 is 12.5. The number of fused-ring (bicyclic) bond motifs is 6. The van der Waals surface area contributed by atoms with E-state index in [2.05, 4.69) is 218 Å². The number of hydrogen-bond donors (Lipinski definition) is 0. The van der Waals surface area contributed by atoms with Crippen molar-refractivity contribution in [2.45, 2.75) is 0 Å². The number of hydrogen-bond acceptors (Lipinski definition) is 2. The molecule has 74 heavy (non-hydrogen) atoms. The van der Waals surface area contributed by atoms with Crippen LogP contribution in [-0.2, 0) is 0 Å². The van der Waals surface area contributed by atoms with Gasteiger partial charge in [0.25, 0.3) is 0 Å². The van der Waals surface area contributed by atoms with E-state index < -0.39 is 0 Å². The van der Waals surface area contributed by atoms with Crippen LogP contribution in [0.1, 0.15) is 0 Å². The predicted octanol–water partition coefficient (Wildman–Crippen LogP) is 20.5. The van der Waals surface area contributed by atoms with Crippen molar-refractivity contribution in [2.24, 2.45) is 0 Å². The molecule has 0 aliphatic rings. The van der Waals surface area contributed by atoms with E-state index in [1.165, 1.54) is 98.0 Å². The van der Waals surface area contributed by atoms with E-state index in [1.54, 1.807) is 0 Å². The first-order valence-electron chi connectivity index (χ1n) is 25.3. The maximum Gasteiger partial charge on any atom is 0.127 e. The van der Waals surface area contributed by atoms with E-state index in [9.17, 15) is 0 Å². The summed E-state index contributed by atoms with van der Waals surface area (Å²) in [5.74, 6) is 3.23. The van der Waals surface area contributed by atoms with E-state index in [1.807, 2.05) is 60.7 Å². The number of ether oxygens (including phenoxy) is 2. The molecule has 0 fully saturated rings. The molecule has 0 unspecified atom stereocenters. The van der Waals surface area contributed by atoms with E-state index in [4.69, 9.17) is 9.47 Å². The van der Waals surface area contributed by atoms with Crippen molar-refractivity contribution in [3.8, 4) is 78.6 Å². The number of para-hydroxylation sites is 2. The molecular weight excluding hydrogens is 897 g/mol. The van der Waals surface area contributed by atoms with Crippen molar-refractivity contribution < 1.29 is 9.47 Å². The van der Waals surface area contributed by atoms with Gasteiger partial charge in [-0.25, -0.2) is 0 Å². The minimum Gasteiger partial charge on any atom is -0.457 e. The van der Waals surface area contributed by atoms with Gasteiger partial charge >= 0.3 is 0 Å². The molecule has 0 spiro atoms. The highest BCUT2D eigenvalue weighted by atomic mass is 16.5. The summed E-state index contributed by atoms with van der Waals surface area (Å²) in [5, 5.41) is 14.4. The summed E-state index contributed by atoms with van der Waals surface area (Å²) in [6.07, 6.45) is 0. The first kappa shape index (κ1) is 43.1. The van der Waals surface area contributed by atoms with Crippen LogP contribution in [0.2, 0.25) is 0 Å². The largest absolute Gasteiger partial charge is 0.457 e. The van der Waals surface area contributed by atoms with Gasteiger partial charge in [-0.2, -0.15) is 0 Å². The molecule has 14 rings (SSSR count). The molecule has 0 aliphatic carbocycles. The summed E-state index contributed by atoms with van der Waals surface area (Å²) in [6.45, 7) is 0. The van der Waals surface area contributed by atoms with E-state index in [0.717, 1.165) is 45.3 Å². The summed E-state index contributed by atoms with van der Waals surface area (Å²) in [7, 11) is 0. The lowest BCUT2D eigenvalue weighted by Gasteiger charge is -2.22. The monoisotopic (exact) mass is 942 g/mol. The van der Waals surface area contributed by atoms with Crippen molar-refractivity contribution in [1.29, 1.82) is 0 Å². The van der Waals surface area contributed by atoms with E-state index in [0.29, 0.717) is 0 Å². The lowest BCUT2D eigenvalue weighted by atomic mass is 9.81. The molecule has 2 heteroatoms. The lowest BCUT2D eigenvalue weighted by Crippen LogP contribution is -1.95. The molecule has 0 amide bonds. The average molecular weight is 943 g/mol. The van der Waals surface area contributed by atoms with Crippen LogP contribution < -0.4 is 9.47 Å². The zero-order valence-electron chi connectivity index (χ0n) is 40.4. The van der Waals surface area contributed by atoms with Gasteiger partial charge in [0, 0.05) is 0 Å². The van der Waals surface area contributed by atoms with Crippen LogP contribution in [0.5, 0.6) is 23.0 Å². The molecule has 0 radical (unpaired) electrons. The van der Waals surface area contributed by atoms with Crippen LogP contribution in [-0.4, -0.2) is 0 Å². The molecule has 0 saturated heterocycles. The molecule has 2 nitrogen and oxygen atoms in total. The Morgan fingerprint density at radius 2 is 0.392 bits per heavy atom. The molecule has 0 aliphatic heterocycles. The molecular formula is C72H46O2. The predicted molar refractivity (Wildman–Crippen MR) is 312 cm³/mol. The van der Waals surface area contributed by atoms with Crippen LogP contribution >= 0.6 is 0 Å². The van der Waals surface area contributed by atoms with Crippen molar-refractivity contribution in [3.63, 3.8) is 0 Å². The van der Waals surface area contributed by atoms with E-state index in [-0.39, 0.29) is 0 Å². The molecule has 14 aromatic rings. The highest BCUT2D eigenvalue weighted by Crippen LogP contribution is 2.50. The van der Waals surface area contributed by atoms with Crippen LogP contribution in [0.3, 0.4) is 0 Å². The van der Waals surface area contributed by atoms with Gasteiger partial charge in [0.2, 0.25) is 0 Å². The summed E-state index contributed by atoms with van der Waals surface area (Å²) in [4.78, 5) is 0. The van der Waals surface area contributed by atoms with Gasteiger partial charge in [0.15, 0.2) is 0 Å². The topological polar surface area (TPSA) is 18.5 Å². The third kappa shape index (κ3) is 7.52. The van der Waals surface area contributed by atoms with Crippen molar-refractivity contribution in [2.75, 3.05) is 0 Å². The Morgan fingerprint density at radius 3 is 0.703 bits per heavy atom. The average Bonchev–Trinajstić information content (AvgIpc) is 3.46. The maximum atomic E-state index is 6.27. The minimum atomic E-state index is 0.801. The molecule has 0 heterocycles. The third-order valence-electron chi connectivity index (χ3n) is 14.7. The van der Waals surface area contributed by atoms with Crippen LogP contribution in [0.4, 0.5) is 0 Å². The van der Waals surface area contributed by atoms with Gasteiger partial charge < -0.3 is 9.47 Å². The standard InChI is InChI=1S/C72H46O2/c1-3-21-54(22-4-1)73-56-39-35-47(36-40-56)68-60-27-11-15-31-64(60)71(65-32-16-12-28-61(65)68)52-44-51(70-58-25-9-7-19-49(58)43-50-20-8-10-26-59(50)70)45-53(46-52)72-66-33-17-13-29-62(66)69(63-30-14-18-34-67(63)72)48-37-41-57(42-38-48)74-55-23-5-2-6-24-55/h1-46H. The number of rotatable bonds is 9. The molecule has 0 N–H and O–H groups in total. The Labute approximate surface area is 429 Å². The SMILES string of the molecule is c1ccc(Oc2ccc(-c3c4ccccc4c(-c4cc(-c5c6ccccc6cc6ccccc56)cc(-c5c6ccccc6c(-c6ccc(Oc7ccccc7)cc6)c6ccccc56)c4)c4ccccc34)cc2)cc1. The normalized spacial score (nSPS) is 11.5. The number of benzene rings is 14. The summed E-state index contributed by atoms with van der Waals surface area (Å²) >= 11 is 0. The molecule has 0 atom stereocenters. The van der Waals surface area contributed by atoms with Crippen LogP contribution in [0.15, 0.2) is 279 Å². The Kier molecular flexibility index (Phi) is 10.6. The minimum absolute atomic E-state index is 0.801. The van der Waals surface area contributed by atoms with Gasteiger partial charge in [-0.05, 0) is 193 Å². The quantitative estimate of drug-likeness (QED) is 0.134. The molecule has 14 aromatic carbocycles. The zero-order valence-corrected chi connectivity index (χ0v) is 40.4. The maximum absolute atomic E-state index is 6.27. The van der Waals surface area contributed by atoms with Crippen LogP contribution in [0, 0.1) is 0 Å². The lowest BCUT2D eigenvalue weighted by molar-refractivity contribution is 0.482. The Bertz CT molecular complexity index is 4050. The van der Waals surface area contributed by atoms with Gasteiger partial charge in [-0.1, -0.05) is 206 Å².